The molecule has 1 amide bonds. The Balaban J connectivity index is 2.68. The Hall–Kier alpha value is -1.49. The van der Waals surface area contributed by atoms with Gasteiger partial charge < -0.3 is 5.73 Å². The SMILES string of the molecule is CC(C)(NCc1ccc(F)c(F)c1)C(N)=O. The van der Waals surface area contributed by atoms with Gasteiger partial charge in [-0.3, -0.25) is 10.1 Å². The van der Waals surface area contributed by atoms with Crippen LogP contribution in [0.5, 0.6) is 0 Å². The molecular formula is C11H14F2N2O. The molecule has 0 saturated heterocycles. The molecule has 0 aliphatic heterocycles. The minimum absolute atomic E-state index is 0.243. The Morgan fingerprint density at radius 2 is 2.00 bits per heavy atom. The quantitative estimate of drug-likeness (QED) is 0.816. The van der Waals surface area contributed by atoms with Crippen molar-refractivity contribution in [2.75, 3.05) is 0 Å². The number of carbonyl (C=O) groups excluding carboxylic acids is 1. The fraction of sp³-hybridized carbons (Fsp3) is 0.364. The molecule has 1 aromatic rings. The summed E-state index contributed by atoms with van der Waals surface area (Å²) < 4.78 is 25.5. The van der Waals surface area contributed by atoms with Crippen LogP contribution in [0.15, 0.2) is 18.2 Å². The summed E-state index contributed by atoms with van der Waals surface area (Å²) in [6.07, 6.45) is 0. The highest BCUT2D eigenvalue weighted by Crippen LogP contribution is 2.10. The predicted molar refractivity (Wildman–Crippen MR) is 56.5 cm³/mol. The van der Waals surface area contributed by atoms with Crippen molar-refractivity contribution >= 4 is 5.91 Å². The summed E-state index contributed by atoms with van der Waals surface area (Å²) in [5, 5.41) is 2.86. The van der Waals surface area contributed by atoms with Gasteiger partial charge in [-0.15, -0.1) is 0 Å². The summed E-state index contributed by atoms with van der Waals surface area (Å²) in [6.45, 7) is 3.48. The van der Waals surface area contributed by atoms with Crippen molar-refractivity contribution in [3.8, 4) is 0 Å². The number of primary amides is 1. The highest BCUT2D eigenvalue weighted by molar-refractivity contribution is 5.83. The van der Waals surface area contributed by atoms with Gasteiger partial charge in [0.25, 0.3) is 0 Å². The fourth-order valence-electron chi connectivity index (χ4n) is 1.06. The van der Waals surface area contributed by atoms with Gasteiger partial charge >= 0.3 is 0 Å². The topological polar surface area (TPSA) is 55.1 Å². The average molecular weight is 228 g/mol. The Labute approximate surface area is 92.6 Å². The lowest BCUT2D eigenvalue weighted by Crippen LogP contribution is -2.50. The molecule has 5 heteroatoms. The Morgan fingerprint density at radius 1 is 1.38 bits per heavy atom. The molecule has 3 nitrogen and oxygen atoms in total. The van der Waals surface area contributed by atoms with Crippen LogP contribution in [-0.2, 0) is 11.3 Å². The normalized spacial score (nSPS) is 11.5. The van der Waals surface area contributed by atoms with Crippen molar-refractivity contribution in [1.29, 1.82) is 0 Å². The molecular weight excluding hydrogens is 214 g/mol. The first-order chi connectivity index (χ1) is 7.33. The highest BCUT2D eigenvalue weighted by Gasteiger charge is 2.23. The van der Waals surface area contributed by atoms with E-state index in [0.717, 1.165) is 12.1 Å². The van der Waals surface area contributed by atoms with Crippen LogP contribution in [0.1, 0.15) is 19.4 Å². The molecule has 0 unspecified atom stereocenters. The molecule has 0 atom stereocenters. The molecule has 0 saturated carbocycles. The van der Waals surface area contributed by atoms with E-state index < -0.39 is 23.1 Å². The van der Waals surface area contributed by atoms with Gasteiger partial charge in [-0.25, -0.2) is 8.78 Å². The van der Waals surface area contributed by atoms with Gasteiger partial charge in [0.1, 0.15) is 0 Å². The minimum Gasteiger partial charge on any atom is -0.368 e. The summed E-state index contributed by atoms with van der Waals surface area (Å²) in [5.41, 5.74) is 4.82. The van der Waals surface area contributed by atoms with Crippen LogP contribution >= 0.6 is 0 Å². The largest absolute Gasteiger partial charge is 0.368 e. The molecule has 0 radical (unpaired) electrons. The third-order valence-electron chi connectivity index (χ3n) is 2.33. The summed E-state index contributed by atoms with van der Waals surface area (Å²) in [5.74, 6) is -2.30. The first-order valence-corrected chi connectivity index (χ1v) is 4.82. The fourth-order valence-corrected chi connectivity index (χ4v) is 1.06. The zero-order valence-corrected chi connectivity index (χ0v) is 9.18. The molecule has 0 spiro atoms. The van der Waals surface area contributed by atoms with E-state index in [-0.39, 0.29) is 6.54 Å². The van der Waals surface area contributed by atoms with Gasteiger partial charge in [0, 0.05) is 6.54 Å². The maximum absolute atomic E-state index is 12.9. The zero-order valence-electron chi connectivity index (χ0n) is 9.18. The van der Waals surface area contributed by atoms with E-state index in [2.05, 4.69) is 5.32 Å². The van der Waals surface area contributed by atoms with Gasteiger partial charge in [0.15, 0.2) is 11.6 Å². The van der Waals surface area contributed by atoms with Crippen molar-refractivity contribution in [3.05, 3.63) is 35.4 Å². The molecule has 0 aromatic heterocycles. The summed E-state index contributed by atoms with van der Waals surface area (Å²) in [7, 11) is 0. The molecule has 0 aliphatic rings. The first-order valence-electron chi connectivity index (χ1n) is 4.82. The summed E-state index contributed by atoms with van der Waals surface area (Å²) in [4.78, 5) is 11.0. The molecule has 0 bridgehead atoms. The van der Waals surface area contributed by atoms with E-state index in [1.165, 1.54) is 6.07 Å². The van der Waals surface area contributed by atoms with Gasteiger partial charge in [0.05, 0.1) is 5.54 Å². The number of hydrogen-bond donors (Lipinski definition) is 2. The Kier molecular flexibility index (Phi) is 3.59. The van der Waals surface area contributed by atoms with Gasteiger partial charge in [-0.2, -0.15) is 0 Å². The number of benzene rings is 1. The number of nitrogens with two attached hydrogens (primary N) is 1. The van der Waals surface area contributed by atoms with Gasteiger partial charge in [0.2, 0.25) is 5.91 Å². The van der Waals surface area contributed by atoms with Crippen LogP contribution < -0.4 is 11.1 Å². The standard InChI is InChI=1S/C11H14F2N2O/c1-11(2,10(14)16)15-6-7-3-4-8(12)9(13)5-7/h3-5,15H,6H2,1-2H3,(H2,14,16). The van der Waals surface area contributed by atoms with Crippen LogP contribution in [0.25, 0.3) is 0 Å². The lowest BCUT2D eigenvalue weighted by atomic mass is 10.0. The molecule has 1 aromatic carbocycles. The highest BCUT2D eigenvalue weighted by atomic mass is 19.2. The van der Waals surface area contributed by atoms with Crippen LogP contribution in [0, 0.1) is 11.6 Å². The third-order valence-corrected chi connectivity index (χ3v) is 2.33. The van der Waals surface area contributed by atoms with Crippen LogP contribution in [-0.4, -0.2) is 11.4 Å². The van der Waals surface area contributed by atoms with E-state index >= 15 is 0 Å². The molecule has 16 heavy (non-hydrogen) atoms. The van der Waals surface area contributed by atoms with Crippen LogP contribution in [0.4, 0.5) is 8.78 Å². The monoisotopic (exact) mass is 228 g/mol. The number of amides is 1. The number of nitrogens with one attached hydrogen (secondary N) is 1. The van der Waals surface area contributed by atoms with E-state index in [9.17, 15) is 13.6 Å². The summed E-state index contributed by atoms with van der Waals surface area (Å²) in [6, 6.07) is 3.57. The van der Waals surface area contributed by atoms with Gasteiger partial charge in [-0.05, 0) is 31.5 Å². The minimum atomic E-state index is -0.906. The first kappa shape index (κ1) is 12.6. The van der Waals surface area contributed by atoms with Crippen molar-refractivity contribution < 1.29 is 13.6 Å². The Bertz CT molecular complexity index is 405. The van der Waals surface area contributed by atoms with Crippen molar-refractivity contribution in [2.45, 2.75) is 25.9 Å². The third kappa shape index (κ3) is 3.00. The predicted octanol–water partition coefficient (Wildman–Crippen LogP) is 1.32. The van der Waals surface area contributed by atoms with Gasteiger partial charge in [-0.1, -0.05) is 6.07 Å². The van der Waals surface area contributed by atoms with Crippen LogP contribution in [0.3, 0.4) is 0 Å². The number of rotatable bonds is 4. The maximum atomic E-state index is 12.9. The lowest BCUT2D eigenvalue weighted by molar-refractivity contribution is -0.123. The van der Waals surface area contributed by atoms with E-state index in [1.807, 2.05) is 0 Å². The second kappa shape index (κ2) is 4.57. The summed E-state index contributed by atoms with van der Waals surface area (Å²) >= 11 is 0. The second-order valence-corrected chi connectivity index (χ2v) is 4.09. The molecule has 88 valence electrons. The van der Waals surface area contributed by atoms with Crippen molar-refractivity contribution in [3.63, 3.8) is 0 Å². The van der Waals surface area contributed by atoms with Crippen molar-refractivity contribution in [1.82, 2.24) is 5.32 Å². The zero-order chi connectivity index (χ0) is 12.3. The number of hydrogen-bond acceptors (Lipinski definition) is 2. The number of carbonyl (C=O) groups is 1. The smallest absolute Gasteiger partial charge is 0.237 e. The lowest BCUT2D eigenvalue weighted by Gasteiger charge is -2.22. The molecule has 1 rings (SSSR count). The number of halogens is 2. The van der Waals surface area contributed by atoms with E-state index in [1.54, 1.807) is 13.8 Å². The molecule has 0 aliphatic carbocycles. The Morgan fingerprint density at radius 3 is 2.50 bits per heavy atom. The van der Waals surface area contributed by atoms with Crippen molar-refractivity contribution in [2.24, 2.45) is 5.73 Å². The van der Waals surface area contributed by atoms with E-state index in [0.29, 0.717) is 5.56 Å². The molecule has 0 fully saturated rings. The van der Waals surface area contributed by atoms with E-state index in [4.69, 9.17) is 5.73 Å². The molecule has 0 heterocycles. The van der Waals surface area contributed by atoms with Crippen LogP contribution in [0.2, 0.25) is 0 Å². The second-order valence-electron chi connectivity index (χ2n) is 4.09. The maximum Gasteiger partial charge on any atom is 0.237 e. The molecule has 3 N–H and O–H groups in total. The average Bonchev–Trinajstić information content (AvgIpc) is 2.20.